The molecule has 5 nitrogen and oxygen atoms in total. The number of hydrogen-bond donors (Lipinski definition) is 1. The Balaban J connectivity index is 1.68. The average Bonchev–Trinajstić information content (AvgIpc) is 2.96. The zero-order valence-electron chi connectivity index (χ0n) is 14.6. The van der Waals surface area contributed by atoms with Crippen LogP contribution in [0.3, 0.4) is 0 Å². The van der Waals surface area contributed by atoms with Crippen LogP contribution in [0.15, 0.2) is 0 Å². The number of amides is 1. The molecule has 0 aromatic rings. The molecule has 22 heavy (non-hydrogen) atoms. The third-order valence-corrected chi connectivity index (χ3v) is 4.65. The van der Waals surface area contributed by atoms with E-state index in [4.69, 9.17) is 9.47 Å². The first-order valence-corrected chi connectivity index (χ1v) is 8.62. The summed E-state index contributed by atoms with van der Waals surface area (Å²) < 4.78 is 10.9. The Morgan fingerprint density at radius 2 is 1.91 bits per heavy atom. The van der Waals surface area contributed by atoms with Gasteiger partial charge in [-0.25, -0.2) is 4.79 Å². The molecule has 1 saturated carbocycles. The first kappa shape index (κ1) is 17.5. The first-order valence-electron chi connectivity index (χ1n) is 8.62. The van der Waals surface area contributed by atoms with Crippen LogP contribution in [0.4, 0.5) is 4.79 Å². The Bertz CT molecular complexity index is 353. The second kappa shape index (κ2) is 7.64. The Morgan fingerprint density at radius 1 is 1.23 bits per heavy atom. The van der Waals surface area contributed by atoms with Crippen molar-refractivity contribution >= 4 is 6.09 Å². The second-order valence-electron chi connectivity index (χ2n) is 7.73. The minimum atomic E-state index is -0.423. The third-order valence-electron chi connectivity index (χ3n) is 4.65. The molecule has 128 valence electrons. The fraction of sp³-hybridized carbons (Fsp3) is 0.941. The molecule has 1 unspecified atom stereocenters. The van der Waals surface area contributed by atoms with Gasteiger partial charge < -0.3 is 19.7 Å². The highest BCUT2D eigenvalue weighted by Gasteiger charge is 2.29. The van der Waals surface area contributed by atoms with Gasteiger partial charge in [-0.3, -0.25) is 0 Å². The zero-order valence-corrected chi connectivity index (χ0v) is 14.6. The van der Waals surface area contributed by atoms with Gasteiger partial charge in [0.15, 0.2) is 0 Å². The van der Waals surface area contributed by atoms with Crippen LogP contribution in [-0.2, 0) is 9.47 Å². The largest absolute Gasteiger partial charge is 0.444 e. The summed E-state index contributed by atoms with van der Waals surface area (Å²) in [6, 6.07) is 0.895. The summed E-state index contributed by atoms with van der Waals surface area (Å²) in [4.78, 5) is 13.9. The molecule has 1 aliphatic heterocycles. The van der Waals surface area contributed by atoms with Crippen LogP contribution < -0.4 is 5.32 Å². The molecular weight excluding hydrogens is 280 g/mol. The van der Waals surface area contributed by atoms with E-state index in [1.54, 1.807) is 4.90 Å². The van der Waals surface area contributed by atoms with Crippen LogP contribution in [0.25, 0.3) is 0 Å². The van der Waals surface area contributed by atoms with Gasteiger partial charge in [0.2, 0.25) is 0 Å². The highest BCUT2D eigenvalue weighted by molar-refractivity contribution is 5.68. The molecule has 0 radical (unpaired) electrons. The lowest BCUT2D eigenvalue weighted by molar-refractivity contribution is 0.0179. The molecule has 5 heteroatoms. The number of carbonyl (C=O) groups excluding carboxylic acids is 1. The maximum Gasteiger partial charge on any atom is 0.410 e. The van der Waals surface area contributed by atoms with E-state index < -0.39 is 5.60 Å². The second-order valence-corrected chi connectivity index (χ2v) is 7.73. The molecule has 0 aromatic carbocycles. The number of nitrogens with zero attached hydrogens (tertiary/aromatic N) is 1. The smallest absolute Gasteiger partial charge is 0.410 e. The van der Waals surface area contributed by atoms with Crippen molar-refractivity contribution in [1.82, 2.24) is 10.2 Å². The van der Waals surface area contributed by atoms with Crippen LogP contribution in [0.5, 0.6) is 0 Å². The molecule has 1 saturated heterocycles. The van der Waals surface area contributed by atoms with Crippen LogP contribution >= 0.6 is 0 Å². The molecule has 1 amide bonds. The van der Waals surface area contributed by atoms with E-state index in [-0.39, 0.29) is 6.09 Å². The molecule has 1 N–H and O–H groups in total. The predicted octanol–water partition coefficient (Wildman–Crippen LogP) is 2.79. The first-order chi connectivity index (χ1) is 10.3. The monoisotopic (exact) mass is 312 g/mol. The molecule has 1 atom stereocenters. The molecule has 2 aliphatic rings. The lowest BCUT2D eigenvalue weighted by atomic mass is 9.90. The quantitative estimate of drug-likeness (QED) is 0.867. The summed E-state index contributed by atoms with van der Waals surface area (Å²) in [5.74, 6) is 0.683. The van der Waals surface area contributed by atoms with Crippen LogP contribution in [0, 0.1) is 5.92 Å². The SMILES string of the molecule is CN(C(=O)OC(C)(C)C)C1CCC(NCC2CCOC2)CC1. The van der Waals surface area contributed by atoms with Gasteiger partial charge in [-0.05, 0) is 58.8 Å². The van der Waals surface area contributed by atoms with Gasteiger partial charge in [-0.1, -0.05) is 0 Å². The van der Waals surface area contributed by atoms with Gasteiger partial charge >= 0.3 is 6.09 Å². The summed E-state index contributed by atoms with van der Waals surface area (Å²) >= 11 is 0. The summed E-state index contributed by atoms with van der Waals surface area (Å²) in [7, 11) is 1.86. The average molecular weight is 312 g/mol. The van der Waals surface area contributed by atoms with Crippen molar-refractivity contribution in [3.05, 3.63) is 0 Å². The van der Waals surface area contributed by atoms with E-state index in [2.05, 4.69) is 5.32 Å². The Labute approximate surface area is 134 Å². The highest BCUT2D eigenvalue weighted by atomic mass is 16.6. The van der Waals surface area contributed by atoms with E-state index in [0.29, 0.717) is 18.0 Å². The predicted molar refractivity (Wildman–Crippen MR) is 87.0 cm³/mol. The van der Waals surface area contributed by atoms with Crippen LogP contribution in [0.1, 0.15) is 52.9 Å². The van der Waals surface area contributed by atoms with E-state index in [0.717, 1.165) is 45.4 Å². The van der Waals surface area contributed by atoms with Gasteiger partial charge in [0.1, 0.15) is 5.60 Å². The molecule has 0 bridgehead atoms. The van der Waals surface area contributed by atoms with Crippen molar-refractivity contribution in [2.45, 2.75) is 70.6 Å². The molecule has 1 heterocycles. The molecule has 2 fully saturated rings. The van der Waals surface area contributed by atoms with E-state index in [1.807, 2.05) is 27.8 Å². The topological polar surface area (TPSA) is 50.8 Å². The van der Waals surface area contributed by atoms with Gasteiger partial charge in [0.25, 0.3) is 0 Å². The number of hydrogen-bond acceptors (Lipinski definition) is 4. The van der Waals surface area contributed by atoms with Crippen LogP contribution in [-0.4, -0.2) is 55.5 Å². The number of carbonyl (C=O) groups is 1. The van der Waals surface area contributed by atoms with E-state index in [1.165, 1.54) is 6.42 Å². The van der Waals surface area contributed by atoms with Crippen molar-refractivity contribution < 1.29 is 14.3 Å². The Morgan fingerprint density at radius 3 is 2.45 bits per heavy atom. The fourth-order valence-corrected chi connectivity index (χ4v) is 3.23. The van der Waals surface area contributed by atoms with Crippen molar-refractivity contribution in [2.75, 3.05) is 26.8 Å². The molecule has 1 aliphatic carbocycles. The fourth-order valence-electron chi connectivity index (χ4n) is 3.23. The standard InChI is InChI=1S/C17H32N2O3/c1-17(2,3)22-16(20)19(4)15-7-5-14(6-8-15)18-11-13-9-10-21-12-13/h13-15,18H,5-12H2,1-4H3. The summed E-state index contributed by atoms with van der Waals surface area (Å²) in [5, 5.41) is 3.68. The van der Waals surface area contributed by atoms with Gasteiger partial charge in [0.05, 0.1) is 6.61 Å². The summed E-state index contributed by atoms with van der Waals surface area (Å²) in [5.41, 5.74) is -0.423. The van der Waals surface area contributed by atoms with Crippen LogP contribution in [0.2, 0.25) is 0 Å². The molecule has 2 rings (SSSR count). The van der Waals surface area contributed by atoms with Crippen molar-refractivity contribution in [1.29, 1.82) is 0 Å². The number of ether oxygens (including phenoxy) is 2. The van der Waals surface area contributed by atoms with E-state index in [9.17, 15) is 4.79 Å². The van der Waals surface area contributed by atoms with Crippen molar-refractivity contribution in [2.24, 2.45) is 5.92 Å². The lowest BCUT2D eigenvalue weighted by Gasteiger charge is -2.36. The van der Waals surface area contributed by atoms with Crippen molar-refractivity contribution in [3.8, 4) is 0 Å². The minimum Gasteiger partial charge on any atom is -0.444 e. The number of rotatable bonds is 4. The van der Waals surface area contributed by atoms with Gasteiger partial charge in [0, 0.05) is 32.3 Å². The highest BCUT2D eigenvalue weighted by Crippen LogP contribution is 2.24. The van der Waals surface area contributed by atoms with E-state index >= 15 is 0 Å². The lowest BCUT2D eigenvalue weighted by Crippen LogP contribution is -2.45. The maximum absolute atomic E-state index is 12.1. The maximum atomic E-state index is 12.1. The normalized spacial score (nSPS) is 29.4. The molecule has 0 aromatic heterocycles. The Hall–Kier alpha value is -0.810. The van der Waals surface area contributed by atoms with Gasteiger partial charge in [-0.2, -0.15) is 0 Å². The molecule has 0 spiro atoms. The zero-order chi connectivity index (χ0) is 16.2. The number of nitrogens with one attached hydrogen (secondary N) is 1. The minimum absolute atomic E-state index is 0.202. The Kier molecular flexibility index (Phi) is 6.09. The summed E-state index contributed by atoms with van der Waals surface area (Å²) in [6.07, 6.45) is 5.34. The van der Waals surface area contributed by atoms with Crippen molar-refractivity contribution in [3.63, 3.8) is 0 Å². The summed E-state index contributed by atoms with van der Waals surface area (Å²) in [6.45, 7) is 8.62. The van der Waals surface area contributed by atoms with Gasteiger partial charge in [-0.15, -0.1) is 0 Å². The third kappa shape index (κ3) is 5.43. The molecular formula is C17H32N2O3.